The monoisotopic (exact) mass is 394 g/mol. The summed E-state index contributed by atoms with van der Waals surface area (Å²) in [7, 11) is 0. The summed E-state index contributed by atoms with van der Waals surface area (Å²) in [4.78, 5) is 28.4. The Bertz CT molecular complexity index is 1140. The number of carboxylic acid groups (broad SMARTS) is 1. The third-order valence-corrected chi connectivity index (χ3v) is 5.52. The molecule has 0 amide bonds. The van der Waals surface area contributed by atoms with Crippen LogP contribution in [0.5, 0.6) is 0 Å². The summed E-state index contributed by atoms with van der Waals surface area (Å²) in [6.45, 7) is 0. The maximum Gasteiger partial charge on any atom is 0.209 e. The molecule has 4 aromatic rings. The SMILES string of the molecule is O=C([O-])Cc1c(C(=O)c2ccc(-c3cccs3)cc2)[nH]c2cc(Cl)ccc12. The Labute approximate surface area is 164 Å². The van der Waals surface area contributed by atoms with Crippen molar-refractivity contribution in [3.05, 3.63) is 81.8 Å². The minimum absolute atomic E-state index is 0.250. The summed E-state index contributed by atoms with van der Waals surface area (Å²) in [5.74, 6) is -1.51. The number of aliphatic carboxylic acids is 1. The molecule has 4 rings (SSSR count). The topological polar surface area (TPSA) is 73.0 Å². The van der Waals surface area contributed by atoms with Crippen LogP contribution in [0.3, 0.4) is 0 Å². The number of carboxylic acids is 1. The highest BCUT2D eigenvalue weighted by Crippen LogP contribution is 2.29. The molecule has 27 heavy (non-hydrogen) atoms. The molecule has 0 saturated heterocycles. The standard InChI is InChI=1S/C21H14ClNO3S/c22-14-7-8-15-16(11-19(24)25)20(23-17(15)10-14)21(26)13-5-3-12(4-6-13)18-2-1-9-27-18/h1-10,23H,11H2,(H,24,25)/p-1. The number of hydrogen-bond acceptors (Lipinski definition) is 4. The molecule has 0 aliphatic heterocycles. The fourth-order valence-corrected chi connectivity index (χ4v) is 4.03. The normalized spacial score (nSPS) is 11.0. The van der Waals surface area contributed by atoms with E-state index in [1.54, 1.807) is 41.7 Å². The van der Waals surface area contributed by atoms with E-state index in [4.69, 9.17) is 11.6 Å². The molecule has 1 N–H and O–H groups in total. The summed E-state index contributed by atoms with van der Waals surface area (Å²) < 4.78 is 0. The number of H-pyrrole nitrogens is 1. The van der Waals surface area contributed by atoms with E-state index >= 15 is 0 Å². The second-order valence-electron chi connectivity index (χ2n) is 6.10. The average Bonchev–Trinajstić information content (AvgIpc) is 3.29. The molecule has 0 fully saturated rings. The Morgan fingerprint density at radius 2 is 1.85 bits per heavy atom. The Hall–Kier alpha value is -2.89. The number of hydrogen-bond donors (Lipinski definition) is 1. The van der Waals surface area contributed by atoms with Gasteiger partial charge in [0.1, 0.15) is 0 Å². The van der Waals surface area contributed by atoms with Crippen LogP contribution in [-0.4, -0.2) is 16.7 Å². The number of nitrogens with one attached hydrogen (secondary N) is 1. The number of benzene rings is 2. The van der Waals surface area contributed by atoms with E-state index in [2.05, 4.69) is 4.98 Å². The van der Waals surface area contributed by atoms with Gasteiger partial charge in [0.25, 0.3) is 0 Å². The molecule has 134 valence electrons. The van der Waals surface area contributed by atoms with E-state index in [1.165, 1.54) is 0 Å². The summed E-state index contributed by atoms with van der Waals surface area (Å²) in [6, 6.07) is 16.3. The van der Waals surface area contributed by atoms with Crippen molar-refractivity contribution >= 4 is 45.6 Å². The largest absolute Gasteiger partial charge is 0.550 e. The molecule has 0 spiro atoms. The van der Waals surface area contributed by atoms with Crippen LogP contribution in [0.4, 0.5) is 0 Å². The van der Waals surface area contributed by atoms with Crippen LogP contribution in [0, 0.1) is 0 Å². The average molecular weight is 395 g/mol. The highest BCUT2D eigenvalue weighted by Gasteiger charge is 2.19. The Kier molecular flexibility index (Phi) is 4.56. The van der Waals surface area contributed by atoms with E-state index in [1.807, 2.05) is 29.6 Å². The lowest BCUT2D eigenvalue weighted by atomic mass is 10.0. The molecule has 0 atom stereocenters. The molecule has 2 aromatic heterocycles. The van der Waals surface area contributed by atoms with Gasteiger partial charge in [0.15, 0.2) is 0 Å². The molecular weight excluding hydrogens is 382 g/mol. The lowest BCUT2D eigenvalue weighted by Gasteiger charge is -2.06. The van der Waals surface area contributed by atoms with Crippen LogP contribution < -0.4 is 5.11 Å². The minimum Gasteiger partial charge on any atom is -0.550 e. The zero-order chi connectivity index (χ0) is 19.0. The predicted molar refractivity (Wildman–Crippen MR) is 105 cm³/mol. The Morgan fingerprint density at radius 1 is 1.07 bits per heavy atom. The van der Waals surface area contributed by atoms with E-state index < -0.39 is 5.97 Å². The first kappa shape index (κ1) is 17.5. The number of rotatable bonds is 5. The molecule has 6 heteroatoms. The van der Waals surface area contributed by atoms with Gasteiger partial charge in [-0.3, -0.25) is 4.79 Å². The molecule has 2 aromatic carbocycles. The number of halogens is 1. The zero-order valence-electron chi connectivity index (χ0n) is 14.0. The second kappa shape index (κ2) is 7.02. The highest BCUT2D eigenvalue weighted by atomic mass is 35.5. The van der Waals surface area contributed by atoms with Crippen molar-refractivity contribution in [1.29, 1.82) is 0 Å². The first-order chi connectivity index (χ1) is 13.0. The molecule has 2 heterocycles. The second-order valence-corrected chi connectivity index (χ2v) is 7.49. The summed E-state index contributed by atoms with van der Waals surface area (Å²) >= 11 is 7.64. The lowest BCUT2D eigenvalue weighted by molar-refractivity contribution is -0.304. The van der Waals surface area contributed by atoms with Gasteiger partial charge < -0.3 is 14.9 Å². The van der Waals surface area contributed by atoms with E-state index in [0.29, 0.717) is 27.1 Å². The van der Waals surface area contributed by atoms with Crippen molar-refractivity contribution in [3.8, 4) is 10.4 Å². The molecule has 0 bridgehead atoms. The van der Waals surface area contributed by atoms with Crippen LogP contribution in [0.1, 0.15) is 21.6 Å². The van der Waals surface area contributed by atoms with Gasteiger partial charge in [0.05, 0.1) is 5.69 Å². The molecule has 0 saturated carbocycles. The van der Waals surface area contributed by atoms with Crippen LogP contribution in [0.15, 0.2) is 60.0 Å². The van der Waals surface area contributed by atoms with Crippen molar-refractivity contribution in [2.24, 2.45) is 0 Å². The zero-order valence-corrected chi connectivity index (χ0v) is 15.6. The predicted octanol–water partition coefficient (Wildman–Crippen LogP) is 4.07. The lowest BCUT2D eigenvalue weighted by Crippen LogP contribution is -2.25. The van der Waals surface area contributed by atoms with Gasteiger partial charge in [-0.05, 0) is 34.7 Å². The van der Waals surface area contributed by atoms with Crippen molar-refractivity contribution in [2.45, 2.75) is 6.42 Å². The minimum atomic E-state index is -1.24. The van der Waals surface area contributed by atoms with Crippen LogP contribution in [0.2, 0.25) is 5.02 Å². The number of carbonyl (C=O) groups is 2. The van der Waals surface area contributed by atoms with Crippen molar-refractivity contribution < 1.29 is 14.7 Å². The summed E-state index contributed by atoms with van der Waals surface area (Å²) in [5.41, 5.74) is 2.79. The number of thiophene rings is 1. The van der Waals surface area contributed by atoms with Crippen LogP contribution in [-0.2, 0) is 11.2 Å². The molecule has 0 unspecified atom stereocenters. The van der Waals surface area contributed by atoms with E-state index in [-0.39, 0.29) is 17.9 Å². The smallest absolute Gasteiger partial charge is 0.209 e. The molecule has 0 aliphatic rings. The number of ketones is 1. The van der Waals surface area contributed by atoms with Crippen molar-refractivity contribution in [3.63, 3.8) is 0 Å². The molecular formula is C21H13ClNO3S-. The van der Waals surface area contributed by atoms with Gasteiger partial charge in [0, 0.05) is 38.8 Å². The first-order valence-electron chi connectivity index (χ1n) is 8.21. The third-order valence-electron chi connectivity index (χ3n) is 4.37. The van der Waals surface area contributed by atoms with Crippen molar-refractivity contribution in [1.82, 2.24) is 4.98 Å². The number of fused-ring (bicyclic) bond motifs is 1. The summed E-state index contributed by atoms with van der Waals surface area (Å²) in [5, 5.41) is 14.4. The number of aromatic amines is 1. The maximum absolute atomic E-state index is 13.0. The van der Waals surface area contributed by atoms with Gasteiger partial charge >= 0.3 is 0 Å². The third kappa shape index (κ3) is 3.39. The molecule has 4 nitrogen and oxygen atoms in total. The van der Waals surface area contributed by atoms with Gasteiger partial charge in [-0.2, -0.15) is 0 Å². The van der Waals surface area contributed by atoms with Gasteiger partial charge in [-0.1, -0.05) is 48.0 Å². The Balaban J connectivity index is 1.76. The van der Waals surface area contributed by atoms with Crippen molar-refractivity contribution in [2.75, 3.05) is 0 Å². The van der Waals surface area contributed by atoms with Crippen LogP contribution >= 0.6 is 22.9 Å². The van der Waals surface area contributed by atoms with Crippen LogP contribution in [0.25, 0.3) is 21.3 Å². The van der Waals surface area contributed by atoms with E-state index in [0.717, 1.165) is 10.4 Å². The fraction of sp³-hybridized carbons (Fsp3) is 0.0476. The number of carbonyl (C=O) groups excluding carboxylic acids is 2. The molecule has 0 radical (unpaired) electrons. The van der Waals surface area contributed by atoms with Gasteiger partial charge in [-0.15, -0.1) is 11.3 Å². The number of aromatic nitrogens is 1. The first-order valence-corrected chi connectivity index (χ1v) is 9.47. The van der Waals surface area contributed by atoms with Gasteiger partial charge in [0.2, 0.25) is 5.78 Å². The molecule has 0 aliphatic carbocycles. The van der Waals surface area contributed by atoms with E-state index in [9.17, 15) is 14.7 Å². The fourth-order valence-electron chi connectivity index (χ4n) is 3.12. The maximum atomic E-state index is 13.0. The Morgan fingerprint density at radius 3 is 2.52 bits per heavy atom. The summed E-state index contributed by atoms with van der Waals surface area (Å²) in [6.07, 6.45) is -0.351. The quantitative estimate of drug-likeness (QED) is 0.518. The highest BCUT2D eigenvalue weighted by molar-refractivity contribution is 7.13. The van der Waals surface area contributed by atoms with Gasteiger partial charge in [-0.25, -0.2) is 0 Å².